The molecule has 21 heavy (non-hydrogen) atoms. The highest BCUT2D eigenvalue weighted by atomic mass is 32.2. The van der Waals surface area contributed by atoms with Gasteiger partial charge in [-0.1, -0.05) is 5.16 Å². The van der Waals surface area contributed by atoms with Crippen LogP contribution in [0.3, 0.4) is 0 Å². The van der Waals surface area contributed by atoms with Crippen molar-refractivity contribution in [3.63, 3.8) is 0 Å². The lowest BCUT2D eigenvalue weighted by atomic mass is 10.1. The van der Waals surface area contributed by atoms with Gasteiger partial charge in [-0.25, -0.2) is 13.4 Å². The van der Waals surface area contributed by atoms with Gasteiger partial charge in [-0.2, -0.15) is 9.71 Å². The first-order chi connectivity index (χ1) is 9.79. The molecule has 0 saturated carbocycles. The van der Waals surface area contributed by atoms with Crippen LogP contribution in [0.2, 0.25) is 0 Å². The van der Waals surface area contributed by atoms with E-state index in [0.29, 0.717) is 12.4 Å². The van der Waals surface area contributed by atoms with E-state index in [9.17, 15) is 8.42 Å². The molecule has 114 valence electrons. The minimum absolute atomic E-state index is 0.180. The third-order valence-electron chi connectivity index (χ3n) is 3.41. The minimum Gasteiger partial charge on any atom is -0.337 e. The van der Waals surface area contributed by atoms with Gasteiger partial charge in [-0.05, 0) is 27.2 Å². The van der Waals surface area contributed by atoms with E-state index in [1.54, 1.807) is 25.3 Å². The number of sulfonamides is 1. The van der Waals surface area contributed by atoms with Crippen molar-refractivity contribution < 1.29 is 12.9 Å². The quantitative estimate of drug-likeness (QED) is 0.893. The lowest BCUT2D eigenvalue weighted by Gasteiger charge is -2.21. The maximum absolute atomic E-state index is 12.6. The normalized spacial score (nSPS) is 15.4. The topological polar surface area (TPSA) is 103 Å². The first-order valence-electron chi connectivity index (χ1n) is 6.69. The highest BCUT2D eigenvalue weighted by Gasteiger charge is 2.35. The summed E-state index contributed by atoms with van der Waals surface area (Å²) in [7, 11) is -3.72. The van der Waals surface area contributed by atoms with Crippen molar-refractivity contribution in [2.24, 2.45) is 0 Å². The zero-order valence-corrected chi connectivity index (χ0v) is 12.9. The van der Waals surface area contributed by atoms with Crippen molar-refractivity contribution in [3.05, 3.63) is 23.7 Å². The molecule has 2 aromatic rings. The number of hydrogen-bond acceptors (Lipinski definition) is 6. The van der Waals surface area contributed by atoms with Gasteiger partial charge in [0.25, 0.3) is 10.0 Å². The molecule has 9 heteroatoms. The fourth-order valence-corrected chi connectivity index (χ4v) is 3.97. The van der Waals surface area contributed by atoms with Gasteiger partial charge in [0.05, 0.1) is 6.20 Å². The number of fused-ring (bicyclic) bond motifs is 1. The SMILES string of the molecule is Cc1noc(C(C)(C)NS(=O)(=O)c2cnc3n2CCC3)n1. The Balaban J connectivity index is 1.92. The van der Waals surface area contributed by atoms with Gasteiger partial charge in [0.15, 0.2) is 10.9 Å². The van der Waals surface area contributed by atoms with Gasteiger partial charge in [0.1, 0.15) is 11.4 Å². The summed E-state index contributed by atoms with van der Waals surface area (Å²) in [5.74, 6) is 1.49. The van der Waals surface area contributed by atoms with Crippen molar-refractivity contribution in [2.45, 2.75) is 50.7 Å². The molecular weight excluding hydrogens is 294 g/mol. The maximum Gasteiger partial charge on any atom is 0.258 e. The van der Waals surface area contributed by atoms with Crippen molar-refractivity contribution >= 4 is 10.0 Å². The van der Waals surface area contributed by atoms with Crippen LogP contribution < -0.4 is 4.72 Å². The summed E-state index contributed by atoms with van der Waals surface area (Å²) in [5, 5.41) is 3.87. The molecule has 2 aromatic heterocycles. The van der Waals surface area contributed by atoms with E-state index in [-0.39, 0.29) is 10.9 Å². The Bertz CT molecular complexity index is 775. The van der Waals surface area contributed by atoms with Crippen LogP contribution in [0.25, 0.3) is 0 Å². The zero-order chi connectivity index (χ0) is 15.3. The van der Waals surface area contributed by atoms with Crippen LogP contribution in [0.4, 0.5) is 0 Å². The van der Waals surface area contributed by atoms with E-state index in [4.69, 9.17) is 4.52 Å². The number of hydrogen-bond donors (Lipinski definition) is 1. The molecule has 0 bridgehead atoms. The number of rotatable bonds is 4. The van der Waals surface area contributed by atoms with Gasteiger partial charge in [-0.3, -0.25) is 0 Å². The van der Waals surface area contributed by atoms with Crippen LogP contribution >= 0.6 is 0 Å². The second kappa shape index (κ2) is 4.63. The third-order valence-corrected chi connectivity index (χ3v) is 5.07. The zero-order valence-electron chi connectivity index (χ0n) is 12.1. The molecule has 1 N–H and O–H groups in total. The number of aryl methyl sites for hydroxylation is 2. The van der Waals surface area contributed by atoms with E-state index in [2.05, 4.69) is 19.8 Å². The standard InChI is InChI=1S/C12H17N5O3S/c1-8-14-11(20-15-8)12(2,3)16-21(18,19)10-7-13-9-5-4-6-17(9)10/h7,16H,4-6H2,1-3H3. The Hall–Kier alpha value is -1.74. The molecule has 0 saturated heterocycles. The Morgan fingerprint density at radius 2 is 2.19 bits per heavy atom. The molecule has 0 aromatic carbocycles. The van der Waals surface area contributed by atoms with Gasteiger partial charge in [0, 0.05) is 13.0 Å². The molecule has 0 atom stereocenters. The number of imidazole rings is 1. The third kappa shape index (κ3) is 2.46. The molecule has 0 spiro atoms. The highest BCUT2D eigenvalue weighted by Crippen LogP contribution is 2.24. The van der Waals surface area contributed by atoms with Crippen molar-refractivity contribution in [3.8, 4) is 0 Å². The average Bonchev–Trinajstić information content (AvgIpc) is 3.00. The van der Waals surface area contributed by atoms with Crippen LogP contribution in [0.15, 0.2) is 15.7 Å². The fraction of sp³-hybridized carbons (Fsp3) is 0.583. The molecule has 0 unspecified atom stereocenters. The van der Waals surface area contributed by atoms with E-state index < -0.39 is 15.6 Å². The van der Waals surface area contributed by atoms with Gasteiger partial charge in [-0.15, -0.1) is 0 Å². The highest BCUT2D eigenvalue weighted by molar-refractivity contribution is 7.89. The van der Waals surface area contributed by atoms with E-state index >= 15 is 0 Å². The van der Waals surface area contributed by atoms with Gasteiger partial charge < -0.3 is 9.09 Å². The predicted molar refractivity (Wildman–Crippen MR) is 72.9 cm³/mol. The average molecular weight is 311 g/mol. The molecule has 0 aliphatic carbocycles. The van der Waals surface area contributed by atoms with Crippen LogP contribution in [-0.4, -0.2) is 28.1 Å². The van der Waals surface area contributed by atoms with E-state index in [1.165, 1.54) is 6.20 Å². The predicted octanol–water partition coefficient (Wildman–Crippen LogP) is 0.734. The Kier molecular flexibility index (Phi) is 3.14. The van der Waals surface area contributed by atoms with E-state index in [1.807, 2.05) is 0 Å². The van der Waals surface area contributed by atoms with Crippen molar-refractivity contribution in [1.82, 2.24) is 24.4 Å². The first kappa shape index (κ1) is 14.2. The van der Waals surface area contributed by atoms with Gasteiger partial charge >= 0.3 is 0 Å². The summed E-state index contributed by atoms with van der Waals surface area (Å²) in [4.78, 5) is 8.26. The first-order valence-corrected chi connectivity index (χ1v) is 8.17. The summed E-state index contributed by atoms with van der Waals surface area (Å²) in [6, 6.07) is 0. The van der Waals surface area contributed by atoms with Crippen LogP contribution in [0.5, 0.6) is 0 Å². The van der Waals surface area contributed by atoms with Crippen LogP contribution in [0, 0.1) is 6.92 Å². The summed E-state index contributed by atoms with van der Waals surface area (Å²) in [6.45, 7) is 5.71. The lowest BCUT2D eigenvalue weighted by Crippen LogP contribution is -2.41. The molecule has 1 aliphatic heterocycles. The van der Waals surface area contributed by atoms with E-state index in [0.717, 1.165) is 18.7 Å². The summed E-state index contributed by atoms with van der Waals surface area (Å²) >= 11 is 0. The molecule has 0 fully saturated rings. The Morgan fingerprint density at radius 1 is 1.43 bits per heavy atom. The fourth-order valence-electron chi connectivity index (χ4n) is 2.43. The number of nitrogens with one attached hydrogen (secondary N) is 1. The molecular formula is C12H17N5O3S. The summed E-state index contributed by atoms with van der Waals surface area (Å²) < 4.78 is 34.6. The largest absolute Gasteiger partial charge is 0.337 e. The van der Waals surface area contributed by atoms with Crippen molar-refractivity contribution in [1.29, 1.82) is 0 Å². The molecule has 0 amide bonds. The second-order valence-corrected chi connectivity index (χ2v) is 7.27. The monoisotopic (exact) mass is 311 g/mol. The second-order valence-electron chi connectivity index (χ2n) is 5.65. The Labute approximate surface area is 122 Å². The van der Waals surface area contributed by atoms with Gasteiger partial charge in [0.2, 0.25) is 5.89 Å². The lowest BCUT2D eigenvalue weighted by molar-refractivity contribution is 0.294. The summed E-state index contributed by atoms with van der Waals surface area (Å²) in [5.41, 5.74) is -0.997. The van der Waals surface area contributed by atoms with Crippen LogP contribution in [0.1, 0.15) is 37.8 Å². The smallest absolute Gasteiger partial charge is 0.258 e. The van der Waals surface area contributed by atoms with Crippen molar-refractivity contribution in [2.75, 3.05) is 0 Å². The molecule has 0 radical (unpaired) electrons. The maximum atomic E-state index is 12.6. The Morgan fingerprint density at radius 3 is 2.86 bits per heavy atom. The molecule has 3 heterocycles. The number of nitrogens with zero attached hydrogens (tertiary/aromatic N) is 4. The molecule has 1 aliphatic rings. The summed E-state index contributed by atoms with van der Waals surface area (Å²) in [6.07, 6.45) is 3.12. The van der Waals surface area contributed by atoms with Crippen LogP contribution in [-0.2, 0) is 28.5 Å². The molecule has 8 nitrogen and oxygen atoms in total. The minimum atomic E-state index is -3.72. The number of aromatic nitrogens is 4. The molecule has 3 rings (SSSR count).